The molecule has 0 amide bonds. The fourth-order valence-electron chi connectivity index (χ4n) is 1.42. The molecule has 0 aliphatic heterocycles. The van der Waals surface area contributed by atoms with Crippen LogP contribution in [0.2, 0.25) is 5.02 Å². The van der Waals surface area contributed by atoms with Crippen LogP contribution in [0.4, 0.5) is 0 Å². The van der Waals surface area contributed by atoms with Crippen LogP contribution >= 0.6 is 11.6 Å². The Labute approximate surface area is 83.0 Å². The zero-order valence-corrected chi connectivity index (χ0v) is 8.05. The van der Waals surface area contributed by atoms with E-state index in [2.05, 4.69) is 6.08 Å². The lowest BCUT2D eigenvalue weighted by molar-refractivity contribution is 0.412. The van der Waals surface area contributed by atoms with Gasteiger partial charge in [0.25, 0.3) is 0 Å². The van der Waals surface area contributed by atoms with Gasteiger partial charge in [-0.05, 0) is 37.1 Å². The number of hydrogen-bond donors (Lipinski definition) is 0. The highest BCUT2D eigenvalue weighted by Gasteiger charge is 2.06. The largest absolute Gasteiger partial charge is 0.462 e. The summed E-state index contributed by atoms with van der Waals surface area (Å²) in [6.45, 7) is 0. The molecule has 0 fully saturated rings. The predicted octanol–water partition coefficient (Wildman–Crippen LogP) is 3.79. The van der Waals surface area contributed by atoms with Gasteiger partial charge in [-0.25, -0.2) is 0 Å². The Kier molecular flexibility index (Phi) is 2.55. The third-order valence-electron chi connectivity index (χ3n) is 2.04. The van der Waals surface area contributed by atoms with Crippen molar-refractivity contribution in [2.45, 2.75) is 19.3 Å². The molecule has 0 N–H and O–H groups in total. The van der Waals surface area contributed by atoms with Crippen molar-refractivity contribution in [1.29, 1.82) is 0 Å². The first-order chi connectivity index (χ1) is 6.34. The molecule has 1 aliphatic carbocycles. The van der Waals surface area contributed by atoms with E-state index >= 15 is 0 Å². The minimum Gasteiger partial charge on any atom is -0.462 e. The van der Waals surface area contributed by atoms with Crippen molar-refractivity contribution < 1.29 is 4.74 Å². The molecule has 0 saturated heterocycles. The lowest BCUT2D eigenvalue weighted by Crippen LogP contribution is -1.90. The second-order valence-electron chi connectivity index (χ2n) is 3.12. The van der Waals surface area contributed by atoms with E-state index in [1.165, 1.54) is 6.42 Å². The number of allylic oxidation sites excluding steroid dienone is 2. The van der Waals surface area contributed by atoms with Crippen molar-refractivity contribution >= 4 is 11.6 Å². The molecule has 0 radical (unpaired) electrons. The Morgan fingerprint density at radius 1 is 1.31 bits per heavy atom. The number of halogens is 1. The fourth-order valence-corrected chi connectivity index (χ4v) is 1.60. The van der Waals surface area contributed by atoms with Gasteiger partial charge in [-0.15, -0.1) is 0 Å². The van der Waals surface area contributed by atoms with E-state index in [0.29, 0.717) is 0 Å². The van der Waals surface area contributed by atoms with Crippen molar-refractivity contribution in [3.8, 4) is 5.75 Å². The van der Waals surface area contributed by atoms with E-state index in [9.17, 15) is 0 Å². The zero-order chi connectivity index (χ0) is 9.10. The minimum atomic E-state index is 0.719. The average molecular weight is 195 g/mol. The van der Waals surface area contributed by atoms with Gasteiger partial charge in [0.05, 0.1) is 0 Å². The lowest BCUT2D eigenvalue weighted by atomic mass is 10.3. The molecule has 0 bridgehead atoms. The third-order valence-corrected chi connectivity index (χ3v) is 2.28. The van der Waals surface area contributed by atoms with Gasteiger partial charge in [0.15, 0.2) is 0 Å². The summed E-state index contributed by atoms with van der Waals surface area (Å²) in [5.74, 6) is 1.91. The molecule has 1 aromatic carbocycles. The van der Waals surface area contributed by atoms with E-state index in [-0.39, 0.29) is 0 Å². The quantitative estimate of drug-likeness (QED) is 0.696. The topological polar surface area (TPSA) is 9.23 Å². The van der Waals surface area contributed by atoms with Gasteiger partial charge in [0.1, 0.15) is 11.5 Å². The molecule has 2 heteroatoms. The van der Waals surface area contributed by atoms with Crippen LogP contribution in [-0.4, -0.2) is 0 Å². The normalized spacial score (nSPS) is 15.6. The molecular weight excluding hydrogens is 184 g/mol. The van der Waals surface area contributed by atoms with Crippen LogP contribution in [0, 0.1) is 0 Å². The standard InChI is InChI=1S/C11H11ClO/c12-9-4-3-7-11(8-9)13-10-5-1-2-6-10/h3-5,7-8H,1-2,6H2. The van der Waals surface area contributed by atoms with E-state index < -0.39 is 0 Å². The summed E-state index contributed by atoms with van der Waals surface area (Å²) < 4.78 is 5.63. The van der Waals surface area contributed by atoms with Gasteiger partial charge in [0, 0.05) is 11.4 Å². The van der Waals surface area contributed by atoms with Crippen molar-refractivity contribution in [3.05, 3.63) is 41.1 Å². The van der Waals surface area contributed by atoms with Gasteiger partial charge < -0.3 is 4.74 Å². The molecule has 1 nitrogen and oxygen atoms in total. The summed E-state index contributed by atoms with van der Waals surface area (Å²) in [5.41, 5.74) is 0. The monoisotopic (exact) mass is 194 g/mol. The van der Waals surface area contributed by atoms with Crippen LogP contribution in [0.5, 0.6) is 5.75 Å². The second-order valence-corrected chi connectivity index (χ2v) is 3.56. The first-order valence-electron chi connectivity index (χ1n) is 4.47. The van der Waals surface area contributed by atoms with Crippen molar-refractivity contribution in [3.63, 3.8) is 0 Å². The highest BCUT2D eigenvalue weighted by Crippen LogP contribution is 2.24. The number of hydrogen-bond acceptors (Lipinski definition) is 1. The molecule has 1 aromatic rings. The summed E-state index contributed by atoms with van der Waals surface area (Å²) in [6.07, 6.45) is 5.53. The lowest BCUT2D eigenvalue weighted by Gasteiger charge is -2.05. The van der Waals surface area contributed by atoms with Crippen LogP contribution in [0.25, 0.3) is 0 Å². The Hall–Kier alpha value is -0.950. The molecule has 0 unspecified atom stereocenters. The first kappa shape index (κ1) is 8.64. The van der Waals surface area contributed by atoms with Crippen molar-refractivity contribution in [2.75, 3.05) is 0 Å². The molecule has 0 saturated carbocycles. The molecule has 0 heterocycles. The molecule has 13 heavy (non-hydrogen) atoms. The van der Waals surface area contributed by atoms with E-state index in [1.54, 1.807) is 0 Å². The Bertz CT molecular complexity index is 331. The fraction of sp³-hybridized carbons (Fsp3) is 0.273. The maximum atomic E-state index is 5.83. The van der Waals surface area contributed by atoms with Gasteiger partial charge in [-0.1, -0.05) is 17.7 Å². The summed E-state index contributed by atoms with van der Waals surface area (Å²) in [4.78, 5) is 0. The van der Waals surface area contributed by atoms with Crippen LogP contribution < -0.4 is 4.74 Å². The van der Waals surface area contributed by atoms with Crippen LogP contribution in [0.3, 0.4) is 0 Å². The summed E-state index contributed by atoms with van der Waals surface area (Å²) in [7, 11) is 0. The zero-order valence-electron chi connectivity index (χ0n) is 7.29. The maximum Gasteiger partial charge on any atom is 0.128 e. The first-order valence-corrected chi connectivity index (χ1v) is 4.85. The molecule has 2 rings (SSSR count). The maximum absolute atomic E-state index is 5.83. The number of benzene rings is 1. The van der Waals surface area contributed by atoms with Gasteiger partial charge >= 0.3 is 0 Å². The van der Waals surface area contributed by atoms with Crippen molar-refractivity contribution in [2.24, 2.45) is 0 Å². The van der Waals surface area contributed by atoms with Crippen LogP contribution in [0.1, 0.15) is 19.3 Å². The van der Waals surface area contributed by atoms with E-state index in [0.717, 1.165) is 29.4 Å². The van der Waals surface area contributed by atoms with E-state index in [1.807, 2.05) is 24.3 Å². The smallest absolute Gasteiger partial charge is 0.128 e. The minimum absolute atomic E-state index is 0.719. The molecule has 1 aliphatic rings. The van der Waals surface area contributed by atoms with E-state index in [4.69, 9.17) is 16.3 Å². The molecule has 0 atom stereocenters. The van der Waals surface area contributed by atoms with Gasteiger partial charge in [-0.2, -0.15) is 0 Å². The third kappa shape index (κ3) is 2.25. The second kappa shape index (κ2) is 3.84. The summed E-state index contributed by atoms with van der Waals surface area (Å²) >= 11 is 5.83. The highest BCUT2D eigenvalue weighted by molar-refractivity contribution is 6.30. The van der Waals surface area contributed by atoms with Gasteiger partial charge in [0.2, 0.25) is 0 Å². The Morgan fingerprint density at radius 3 is 2.92 bits per heavy atom. The Balaban J connectivity index is 2.09. The summed E-state index contributed by atoms with van der Waals surface area (Å²) in [5, 5.41) is 0.719. The number of ether oxygens (including phenoxy) is 1. The van der Waals surface area contributed by atoms with Crippen molar-refractivity contribution in [1.82, 2.24) is 0 Å². The van der Waals surface area contributed by atoms with Crippen LogP contribution in [-0.2, 0) is 0 Å². The highest BCUT2D eigenvalue weighted by atomic mass is 35.5. The molecular formula is C11H11ClO. The predicted molar refractivity (Wildman–Crippen MR) is 54.0 cm³/mol. The molecule has 0 spiro atoms. The molecule has 0 aromatic heterocycles. The summed E-state index contributed by atoms with van der Waals surface area (Å²) in [6, 6.07) is 7.50. The number of rotatable bonds is 2. The van der Waals surface area contributed by atoms with Gasteiger partial charge in [-0.3, -0.25) is 0 Å². The van der Waals surface area contributed by atoms with Crippen LogP contribution in [0.15, 0.2) is 36.1 Å². The molecule has 68 valence electrons. The average Bonchev–Trinajstić information content (AvgIpc) is 2.57. The Morgan fingerprint density at radius 2 is 2.23 bits per heavy atom. The SMILES string of the molecule is Clc1cccc(OC2=CCCC2)c1.